The van der Waals surface area contributed by atoms with Crippen LogP contribution in [0.1, 0.15) is 27.6 Å². The van der Waals surface area contributed by atoms with Crippen molar-refractivity contribution in [3.8, 4) is 0 Å². The van der Waals surface area contributed by atoms with E-state index in [9.17, 15) is 19.2 Å². The minimum absolute atomic E-state index is 0.122. The van der Waals surface area contributed by atoms with E-state index < -0.39 is 23.4 Å². The highest BCUT2D eigenvalue weighted by atomic mass is 35.5. The van der Waals surface area contributed by atoms with Crippen molar-refractivity contribution >= 4 is 46.4 Å². The first-order valence-corrected chi connectivity index (χ1v) is 8.72. The molecular weight excluding hydrogens is 368 g/mol. The van der Waals surface area contributed by atoms with E-state index in [1.807, 2.05) is 0 Å². The van der Waals surface area contributed by atoms with Crippen LogP contribution in [-0.4, -0.2) is 29.3 Å². The van der Waals surface area contributed by atoms with Gasteiger partial charge in [-0.15, -0.1) is 11.6 Å². The number of carbonyl (C=O) groups excluding carboxylic acids is 4. The Morgan fingerprint density at radius 3 is 1.74 bits per heavy atom. The number of amides is 2. The minimum Gasteiger partial charge on any atom is -0.287 e. The standard InChI is InChI=1S/C20H13ClN2O4/c1-11(24)22-14-8-4-2-6-12(14)19(26)17(22)18-20(27)13-7-3-5-9-15(13)23(18)16(25)10-21/h2-9H,10H2,1H3/b18-17+. The number of para-hydroxylation sites is 2. The first-order valence-electron chi connectivity index (χ1n) is 8.18. The highest BCUT2D eigenvalue weighted by Crippen LogP contribution is 2.42. The van der Waals surface area contributed by atoms with E-state index in [-0.39, 0.29) is 22.8 Å². The van der Waals surface area contributed by atoms with Gasteiger partial charge in [0.2, 0.25) is 23.4 Å². The number of fused-ring (bicyclic) bond motifs is 2. The second-order valence-corrected chi connectivity index (χ2v) is 6.37. The zero-order valence-electron chi connectivity index (χ0n) is 14.2. The Morgan fingerprint density at radius 2 is 1.26 bits per heavy atom. The van der Waals surface area contributed by atoms with Gasteiger partial charge in [0.25, 0.3) is 0 Å². The summed E-state index contributed by atoms with van der Waals surface area (Å²) in [4.78, 5) is 53.4. The van der Waals surface area contributed by atoms with Gasteiger partial charge >= 0.3 is 0 Å². The van der Waals surface area contributed by atoms with E-state index in [4.69, 9.17) is 11.6 Å². The Kier molecular flexibility index (Phi) is 3.93. The van der Waals surface area contributed by atoms with Crippen molar-refractivity contribution < 1.29 is 19.2 Å². The normalized spacial score (nSPS) is 18.0. The number of alkyl halides is 1. The molecular formula is C20H13ClN2O4. The van der Waals surface area contributed by atoms with E-state index >= 15 is 0 Å². The van der Waals surface area contributed by atoms with Crippen LogP contribution in [0.25, 0.3) is 0 Å². The third-order valence-electron chi connectivity index (χ3n) is 4.56. The van der Waals surface area contributed by atoms with Gasteiger partial charge in [0.05, 0.1) is 11.4 Å². The number of rotatable bonds is 1. The third kappa shape index (κ3) is 2.34. The van der Waals surface area contributed by atoms with E-state index in [1.165, 1.54) is 11.8 Å². The van der Waals surface area contributed by atoms with Crippen LogP contribution in [-0.2, 0) is 9.59 Å². The van der Waals surface area contributed by atoms with Gasteiger partial charge < -0.3 is 0 Å². The van der Waals surface area contributed by atoms with Crippen LogP contribution in [0.3, 0.4) is 0 Å². The Bertz CT molecular complexity index is 1070. The molecule has 0 atom stereocenters. The van der Waals surface area contributed by atoms with Crippen LogP contribution in [0.2, 0.25) is 0 Å². The average Bonchev–Trinajstić information content (AvgIpc) is 3.13. The maximum absolute atomic E-state index is 13.1. The molecule has 4 rings (SSSR count). The van der Waals surface area contributed by atoms with Crippen LogP contribution < -0.4 is 9.80 Å². The summed E-state index contributed by atoms with van der Waals surface area (Å²) < 4.78 is 0. The van der Waals surface area contributed by atoms with Crippen LogP contribution >= 0.6 is 11.6 Å². The average molecular weight is 381 g/mol. The van der Waals surface area contributed by atoms with Crippen molar-refractivity contribution in [3.05, 3.63) is 71.1 Å². The van der Waals surface area contributed by atoms with Crippen LogP contribution in [0.5, 0.6) is 0 Å². The molecule has 27 heavy (non-hydrogen) atoms. The maximum atomic E-state index is 13.1. The fourth-order valence-electron chi connectivity index (χ4n) is 3.49. The van der Waals surface area contributed by atoms with E-state index in [0.29, 0.717) is 16.9 Å². The first-order chi connectivity index (χ1) is 13.0. The molecule has 6 nitrogen and oxygen atoms in total. The van der Waals surface area contributed by atoms with E-state index in [0.717, 1.165) is 4.90 Å². The summed E-state index contributed by atoms with van der Waals surface area (Å²) in [7, 11) is 0. The Labute approximate surface area is 159 Å². The zero-order valence-corrected chi connectivity index (χ0v) is 15.0. The molecule has 2 aromatic rings. The summed E-state index contributed by atoms with van der Waals surface area (Å²) in [6.07, 6.45) is 0. The lowest BCUT2D eigenvalue weighted by molar-refractivity contribution is -0.117. The molecule has 0 spiro atoms. The number of ketones is 2. The van der Waals surface area contributed by atoms with Crippen LogP contribution in [0.4, 0.5) is 11.4 Å². The summed E-state index contributed by atoms with van der Waals surface area (Å²) in [6.45, 7) is 1.30. The summed E-state index contributed by atoms with van der Waals surface area (Å²) >= 11 is 5.75. The van der Waals surface area contributed by atoms with E-state index in [2.05, 4.69) is 0 Å². The van der Waals surface area contributed by atoms with Crippen molar-refractivity contribution in [2.45, 2.75) is 6.92 Å². The number of halogens is 1. The van der Waals surface area contributed by atoms with Gasteiger partial charge in [-0.25, -0.2) is 0 Å². The summed E-state index contributed by atoms with van der Waals surface area (Å²) in [6, 6.07) is 13.1. The summed E-state index contributed by atoms with van der Waals surface area (Å²) in [5.41, 5.74) is 1.06. The molecule has 0 unspecified atom stereocenters. The molecule has 7 heteroatoms. The van der Waals surface area contributed by atoms with Gasteiger partial charge in [0, 0.05) is 18.1 Å². The molecule has 2 amide bonds. The number of hydrogen-bond acceptors (Lipinski definition) is 4. The van der Waals surface area contributed by atoms with Crippen LogP contribution in [0, 0.1) is 0 Å². The SMILES string of the molecule is CC(=O)N1/C(=C2\C(=O)c3ccccc3N2C(=O)CCl)C(=O)c2ccccc21. The maximum Gasteiger partial charge on any atom is 0.246 e. The molecule has 0 saturated heterocycles. The van der Waals surface area contributed by atoms with E-state index in [1.54, 1.807) is 48.5 Å². The summed E-state index contributed by atoms with van der Waals surface area (Å²) in [5.74, 6) is -2.34. The van der Waals surface area contributed by atoms with Crippen molar-refractivity contribution in [2.75, 3.05) is 15.7 Å². The number of anilines is 2. The minimum atomic E-state index is -0.551. The molecule has 2 aromatic carbocycles. The zero-order chi connectivity index (χ0) is 19.3. The highest BCUT2D eigenvalue weighted by molar-refractivity contribution is 6.37. The molecule has 0 aliphatic carbocycles. The fraction of sp³-hybridized carbons (Fsp3) is 0.100. The topological polar surface area (TPSA) is 74.8 Å². The first kappa shape index (κ1) is 17.2. The van der Waals surface area contributed by atoms with Gasteiger partial charge in [-0.05, 0) is 24.3 Å². The smallest absolute Gasteiger partial charge is 0.246 e. The van der Waals surface area contributed by atoms with Gasteiger partial charge in [0.15, 0.2) is 0 Å². The van der Waals surface area contributed by atoms with Crippen molar-refractivity contribution in [3.63, 3.8) is 0 Å². The number of benzene rings is 2. The molecule has 0 aromatic heterocycles. The lowest BCUT2D eigenvalue weighted by atomic mass is 10.1. The molecule has 2 aliphatic rings. The monoisotopic (exact) mass is 380 g/mol. The highest BCUT2D eigenvalue weighted by Gasteiger charge is 2.45. The van der Waals surface area contributed by atoms with Gasteiger partial charge in [-0.1, -0.05) is 24.3 Å². The molecule has 0 fully saturated rings. The largest absolute Gasteiger partial charge is 0.287 e. The predicted octanol–water partition coefficient (Wildman–Crippen LogP) is 2.92. The van der Waals surface area contributed by atoms with Crippen LogP contribution in [0.15, 0.2) is 59.9 Å². The van der Waals surface area contributed by atoms with Gasteiger partial charge in [-0.3, -0.25) is 29.0 Å². The predicted molar refractivity (Wildman–Crippen MR) is 99.9 cm³/mol. The number of hydrogen-bond donors (Lipinski definition) is 0. The van der Waals surface area contributed by atoms with Crippen molar-refractivity contribution in [1.29, 1.82) is 0 Å². The van der Waals surface area contributed by atoms with Crippen molar-refractivity contribution in [2.24, 2.45) is 0 Å². The summed E-state index contributed by atoms with van der Waals surface area (Å²) in [5, 5.41) is 0. The lowest BCUT2D eigenvalue weighted by Gasteiger charge is -2.22. The molecule has 134 valence electrons. The Balaban J connectivity index is 2.04. The molecule has 2 aliphatic heterocycles. The molecule has 0 radical (unpaired) electrons. The van der Waals surface area contributed by atoms with Gasteiger partial charge in [-0.2, -0.15) is 0 Å². The molecule has 0 bridgehead atoms. The number of Topliss-reactive ketones (excluding diaryl/α,β-unsaturated/α-hetero) is 2. The molecule has 0 saturated carbocycles. The second kappa shape index (κ2) is 6.17. The molecule has 2 heterocycles. The fourth-order valence-corrected chi connectivity index (χ4v) is 3.61. The number of carbonyl (C=O) groups is 4. The Morgan fingerprint density at radius 1 is 0.815 bits per heavy atom. The molecule has 0 N–H and O–H groups in total. The third-order valence-corrected chi connectivity index (χ3v) is 4.79. The number of nitrogens with zero attached hydrogens (tertiary/aromatic N) is 2. The second-order valence-electron chi connectivity index (χ2n) is 6.11. The lowest BCUT2D eigenvalue weighted by Crippen LogP contribution is -2.36. The Hall–Kier alpha value is -3.25. The van der Waals surface area contributed by atoms with Gasteiger partial charge in [0.1, 0.15) is 17.3 Å². The van der Waals surface area contributed by atoms with Crippen molar-refractivity contribution in [1.82, 2.24) is 0 Å². The number of allylic oxidation sites excluding steroid dienone is 2. The quantitative estimate of drug-likeness (QED) is 0.563.